The number of piperazine rings is 1. The molecule has 110 valence electrons. The average Bonchev–Trinajstić information content (AvgIpc) is 2.85. The summed E-state index contributed by atoms with van der Waals surface area (Å²) in [7, 11) is 0. The van der Waals surface area contributed by atoms with Crippen LogP contribution in [0.2, 0.25) is 0 Å². The largest absolute Gasteiger partial charge is 0.464 e. The number of hydrogen-bond donors (Lipinski definition) is 0. The highest BCUT2D eigenvalue weighted by Crippen LogP contribution is 2.20. The number of rotatable bonds is 6. The van der Waals surface area contributed by atoms with Crippen molar-refractivity contribution in [2.24, 2.45) is 0 Å². The molecule has 2 saturated heterocycles. The summed E-state index contributed by atoms with van der Waals surface area (Å²) < 4.78 is 10.5. The molecule has 19 heavy (non-hydrogen) atoms. The van der Waals surface area contributed by atoms with E-state index in [1.54, 1.807) is 0 Å². The zero-order chi connectivity index (χ0) is 13.7. The van der Waals surface area contributed by atoms with E-state index in [4.69, 9.17) is 9.47 Å². The predicted octanol–water partition coefficient (Wildman–Crippen LogP) is 0.735. The first-order chi connectivity index (χ1) is 9.26. The first-order valence-electron chi connectivity index (χ1n) is 7.48. The lowest BCUT2D eigenvalue weighted by Crippen LogP contribution is -2.57. The Labute approximate surface area is 115 Å². The molecular formula is C14H26N2O3. The van der Waals surface area contributed by atoms with Crippen LogP contribution in [0.1, 0.15) is 26.7 Å². The van der Waals surface area contributed by atoms with Crippen LogP contribution in [0.4, 0.5) is 0 Å². The van der Waals surface area contributed by atoms with Crippen LogP contribution in [0.15, 0.2) is 0 Å². The van der Waals surface area contributed by atoms with Gasteiger partial charge in [-0.15, -0.1) is 0 Å². The average molecular weight is 270 g/mol. The molecule has 0 aliphatic carbocycles. The van der Waals surface area contributed by atoms with Gasteiger partial charge in [-0.1, -0.05) is 6.92 Å². The molecule has 2 heterocycles. The van der Waals surface area contributed by atoms with Crippen LogP contribution in [0.25, 0.3) is 0 Å². The van der Waals surface area contributed by atoms with Gasteiger partial charge in [-0.05, 0) is 13.3 Å². The van der Waals surface area contributed by atoms with Gasteiger partial charge in [0.2, 0.25) is 0 Å². The van der Waals surface area contributed by atoms with Gasteiger partial charge in [0.1, 0.15) is 6.04 Å². The summed E-state index contributed by atoms with van der Waals surface area (Å²) in [5, 5.41) is 0. The molecule has 5 nitrogen and oxygen atoms in total. The number of ether oxygens (including phenoxy) is 2. The van der Waals surface area contributed by atoms with E-state index in [0.29, 0.717) is 12.6 Å². The van der Waals surface area contributed by atoms with Crippen LogP contribution < -0.4 is 0 Å². The topological polar surface area (TPSA) is 42.0 Å². The van der Waals surface area contributed by atoms with Gasteiger partial charge in [0.05, 0.1) is 13.2 Å². The molecule has 0 saturated carbocycles. The van der Waals surface area contributed by atoms with E-state index < -0.39 is 0 Å². The Hall–Kier alpha value is -0.650. The fraction of sp³-hybridized carbons (Fsp3) is 0.929. The maximum Gasteiger partial charge on any atom is 0.323 e. The number of hydrogen-bond acceptors (Lipinski definition) is 5. The molecule has 0 unspecified atom stereocenters. The van der Waals surface area contributed by atoms with Gasteiger partial charge in [-0.3, -0.25) is 14.6 Å². The molecule has 2 rings (SSSR count). The van der Waals surface area contributed by atoms with Crippen LogP contribution >= 0.6 is 0 Å². The number of nitrogens with zero attached hydrogens (tertiary/aromatic N) is 2. The number of esters is 1. The maximum atomic E-state index is 11.7. The van der Waals surface area contributed by atoms with Crippen LogP contribution in [0.3, 0.4) is 0 Å². The smallest absolute Gasteiger partial charge is 0.323 e. The quantitative estimate of drug-likeness (QED) is 0.526. The van der Waals surface area contributed by atoms with E-state index in [-0.39, 0.29) is 12.0 Å². The summed E-state index contributed by atoms with van der Waals surface area (Å²) in [5.74, 6) is -0.0300. The highest BCUT2D eigenvalue weighted by atomic mass is 16.5. The summed E-state index contributed by atoms with van der Waals surface area (Å²) in [4.78, 5) is 16.5. The molecule has 0 spiro atoms. The lowest BCUT2D eigenvalue weighted by Gasteiger charge is -2.42. The molecule has 2 aliphatic heterocycles. The van der Waals surface area contributed by atoms with Gasteiger partial charge in [0.25, 0.3) is 0 Å². The standard InChI is InChI=1S/C14H26N2O3/c1-3-12-11-16(13-5-9-19-14(13)17)7-6-15(12)8-10-18-4-2/h12-13H,3-11H2,1-2H3/t12-,13+/m0/s1. The molecular weight excluding hydrogens is 244 g/mol. The van der Waals surface area contributed by atoms with Crippen molar-refractivity contribution >= 4 is 5.97 Å². The van der Waals surface area contributed by atoms with Gasteiger partial charge in [-0.25, -0.2) is 0 Å². The third kappa shape index (κ3) is 3.68. The summed E-state index contributed by atoms with van der Waals surface area (Å²) in [6.07, 6.45) is 1.97. The zero-order valence-corrected chi connectivity index (χ0v) is 12.1. The molecule has 5 heteroatoms. The van der Waals surface area contributed by atoms with Crippen LogP contribution in [-0.4, -0.2) is 73.9 Å². The number of carbonyl (C=O) groups excluding carboxylic acids is 1. The van der Waals surface area contributed by atoms with Crippen LogP contribution in [0, 0.1) is 0 Å². The molecule has 0 N–H and O–H groups in total. The Morgan fingerprint density at radius 3 is 2.84 bits per heavy atom. The molecule has 0 aromatic heterocycles. The van der Waals surface area contributed by atoms with E-state index in [0.717, 1.165) is 52.2 Å². The highest BCUT2D eigenvalue weighted by Gasteiger charge is 2.36. The molecule has 0 aromatic rings. The summed E-state index contributed by atoms with van der Waals surface area (Å²) >= 11 is 0. The fourth-order valence-electron chi connectivity index (χ4n) is 3.02. The minimum atomic E-state index is -0.0300. The van der Waals surface area contributed by atoms with Gasteiger partial charge in [0.15, 0.2) is 0 Å². The van der Waals surface area contributed by atoms with Crippen molar-refractivity contribution in [1.82, 2.24) is 9.80 Å². The first kappa shape index (κ1) is 14.8. The third-order valence-corrected chi connectivity index (χ3v) is 4.18. The first-order valence-corrected chi connectivity index (χ1v) is 7.48. The second kappa shape index (κ2) is 7.22. The predicted molar refractivity (Wildman–Crippen MR) is 73.1 cm³/mol. The maximum absolute atomic E-state index is 11.7. The number of cyclic esters (lactones) is 1. The highest BCUT2D eigenvalue weighted by molar-refractivity contribution is 5.77. The Bertz CT molecular complexity index is 298. The van der Waals surface area contributed by atoms with E-state index in [1.165, 1.54) is 0 Å². The second-order valence-electron chi connectivity index (χ2n) is 5.26. The molecule has 0 bridgehead atoms. The Balaban J connectivity index is 1.84. The van der Waals surface area contributed by atoms with Gasteiger partial charge >= 0.3 is 5.97 Å². The summed E-state index contributed by atoms with van der Waals surface area (Å²) in [6.45, 7) is 10.4. The molecule has 2 atom stereocenters. The number of carbonyl (C=O) groups is 1. The van der Waals surface area contributed by atoms with Crippen molar-refractivity contribution in [2.45, 2.75) is 38.8 Å². The van der Waals surface area contributed by atoms with E-state index in [9.17, 15) is 4.79 Å². The summed E-state index contributed by atoms with van der Waals surface area (Å²) in [6, 6.07) is 0.533. The lowest BCUT2D eigenvalue weighted by molar-refractivity contribution is -0.143. The van der Waals surface area contributed by atoms with Crippen molar-refractivity contribution in [3.05, 3.63) is 0 Å². The van der Waals surface area contributed by atoms with Crippen molar-refractivity contribution in [3.8, 4) is 0 Å². The molecule has 0 aromatic carbocycles. The summed E-state index contributed by atoms with van der Waals surface area (Å²) in [5.41, 5.74) is 0. The minimum Gasteiger partial charge on any atom is -0.464 e. The van der Waals surface area contributed by atoms with Crippen molar-refractivity contribution < 1.29 is 14.3 Å². The molecule has 0 radical (unpaired) electrons. The van der Waals surface area contributed by atoms with Crippen LogP contribution in [0.5, 0.6) is 0 Å². The zero-order valence-electron chi connectivity index (χ0n) is 12.1. The molecule has 2 fully saturated rings. The Morgan fingerprint density at radius 1 is 1.37 bits per heavy atom. The van der Waals surface area contributed by atoms with E-state index >= 15 is 0 Å². The van der Waals surface area contributed by atoms with Gasteiger partial charge < -0.3 is 9.47 Å². The minimum absolute atomic E-state index is 0.00286. The molecule has 2 aliphatic rings. The van der Waals surface area contributed by atoms with Crippen molar-refractivity contribution in [3.63, 3.8) is 0 Å². The third-order valence-electron chi connectivity index (χ3n) is 4.18. The Kier molecular flexibility index (Phi) is 5.60. The van der Waals surface area contributed by atoms with Crippen molar-refractivity contribution in [2.75, 3.05) is 46.0 Å². The van der Waals surface area contributed by atoms with Crippen LogP contribution in [-0.2, 0) is 14.3 Å². The lowest BCUT2D eigenvalue weighted by atomic mass is 10.1. The Morgan fingerprint density at radius 2 is 2.21 bits per heavy atom. The second-order valence-corrected chi connectivity index (χ2v) is 5.26. The normalized spacial score (nSPS) is 29.7. The van der Waals surface area contributed by atoms with E-state index in [1.807, 2.05) is 6.92 Å². The van der Waals surface area contributed by atoms with Gasteiger partial charge in [-0.2, -0.15) is 0 Å². The monoisotopic (exact) mass is 270 g/mol. The SMILES string of the molecule is CCOCCN1CCN([C@@H]2CCOC2=O)C[C@@H]1CC. The van der Waals surface area contributed by atoms with E-state index in [2.05, 4.69) is 16.7 Å². The van der Waals surface area contributed by atoms with Gasteiger partial charge in [0, 0.05) is 45.2 Å². The van der Waals surface area contributed by atoms with Crippen molar-refractivity contribution in [1.29, 1.82) is 0 Å². The molecule has 0 amide bonds. The fourth-order valence-corrected chi connectivity index (χ4v) is 3.02.